The fourth-order valence-corrected chi connectivity index (χ4v) is 2.28. The van der Waals surface area contributed by atoms with Crippen molar-refractivity contribution in [3.05, 3.63) is 29.8 Å². The third-order valence-electron chi connectivity index (χ3n) is 3.37. The van der Waals surface area contributed by atoms with Gasteiger partial charge in [0, 0.05) is 11.2 Å². The number of para-hydroxylation sites is 1. The third kappa shape index (κ3) is 7.28. The molecule has 0 aliphatic heterocycles. The van der Waals surface area contributed by atoms with Gasteiger partial charge in [-0.2, -0.15) is 0 Å². The van der Waals surface area contributed by atoms with E-state index in [-0.39, 0.29) is 30.4 Å². The molecule has 5 heteroatoms. The van der Waals surface area contributed by atoms with Crippen LogP contribution in [-0.2, 0) is 16.0 Å². The predicted octanol–water partition coefficient (Wildman–Crippen LogP) is 2.42. The average Bonchev–Trinajstić information content (AvgIpc) is 2.45. The number of hydrogen-bond donors (Lipinski definition) is 2. The maximum Gasteiger partial charge on any atom is 0.238 e. The molecule has 0 saturated heterocycles. The first-order chi connectivity index (χ1) is 10.7. The normalized spacial score (nSPS) is 11.4. The van der Waals surface area contributed by atoms with E-state index >= 15 is 0 Å². The SMILES string of the molecule is CCc1ccccc1NC(=O)CN(CC)CC(=O)NC(C)(C)C. The minimum Gasteiger partial charge on any atom is -0.350 e. The number of benzene rings is 1. The molecule has 0 aliphatic carbocycles. The Balaban J connectivity index is 2.58. The molecule has 1 aromatic carbocycles. The monoisotopic (exact) mass is 319 g/mol. The summed E-state index contributed by atoms with van der Waals surface area (Å²) in [6.45, 7) is 10.9. The zero-order valence-electron chi connectivity index (χ0n) is 14.9. The van der Waals surface area contributed by atoms with Crippen LogP contribution in [0, 0.1) is 0 Å². The van der Waals surface area contributed by atoms with Crippen LogP contribution in [0.5, 0.6) is 0 Å². The van der Waals surface area contributed by atoms with Crippen LogP contribution in [0.3, 0.4) is 0 Å². The molecule has 0 aliphatic rings. The Hall–Kier alpha value is -1.88. The van der Waals surface area contributed by atoms with Crippen LogP contribution in [0.1, 0.15) is 40.2 Å². The van der Waals surface area contributed by atoms with E-state index in [9.17, 15) is 9.59 Å². The number of carbonyl (C=O) groups excluding carboxylic acids is 2. The number of nitrogens with zero attached hydrogens (tertiary/aromatic N) is 1. The Bertz CT molecular complexity index is 535. The van der Waals surface area contributed by atoms with Crippen LogP contribution in [0.2, 0.25) is 0 Å². The predicted molar refractivity (Wildman–Crippen MR) is 94.5 cm³/mol. The molecule has 23 heavy (non-hydrogen) atoms. The largest absolute Gasteiger partial charge is 0.350 e. The third-order valence-corrected chi connectivity index (χ3v) is 3.37. The van der Waals surface area contributed by atoms with E-state index in [1.54, 1.807) is 0 Å². The first kappa shape index (κ1) is 19.2. The highest BCUT2D eigenvalue weighted by Gasteiger charge is 2.18. The molecule has 1 aromatic rings. The summed E-state index contributed by atoms with van der Waals surface area (Å²) in [4.78, 5) is 26.0. The molecule has 0 fully saturated rings. The Morgan fingerprint density at radius 2 is 1.65 bits per heavy atom. The molecule has 0 bridgehead atoms. The smallest absolute Gasteiger partial charge is 0.238 e. The number of rotatable bonds is 7. The summed E-state index contributed by atoms with van der Waals surface area (Å²) >= 11 is 0. The summed E-state index contributed by atoms with van der Waals surface area (Å²) in [5.41, 5.74) is 1.68. The van der Waals surface area contributed by atoms with Gasteiger partial charge in [0.2, 0.25) is 11.8 Å². The van der Waals surface area contributed by atoms with Gasteiger partial charge in [0.15, 0.2) is 0 Å². The van der Waals surface area contributed by atoms with Crippen molar-refractivity contribution in [3.8, 4) is 0 Å². The van der Waals surface area contributed by atoms with E-state index in [1.807, 2.05) is 56.9 Å². The van der Waals surface area contributed by atoms with Gasteiger partial charge in [-0.3, -0.25) is 14.5 Å². The van der Waals surface area contributed by atoms with Gasteiger partial charge in [-0.25, -0.2) is 0 Å². The van der Waals surface area contributed by atoms with Crippen LogP contribution < -0.4 is 10.6 Å². The highest BCUT2D eigenvalue weighted by Crippen LogP contribution is 2.15. The summed E-state index contributed by atoms with van der Waals surface area (Å²) in [6.07, 6.45) is 0.863. The van der Waals surface area contributed by atoms with E-state index in [1.165, 1.54) is 0 Å². The second-order valence-corrected chi connectivity index (χ2v) is 6.66. The van der Waals surface area contributed by atoms with Crippen molar-refractivity contribution in [1.29, 1.82) is 0 Å². The highest BCUT2D eigenvalue weighted by molar-refractivity contribution is 5.93. The molecule has 0 spiro atoms. The maximum absolute atomic E-state index is 12.2. The van der Waals surface area contributed by atoms with Gasteiger partial charge in [-0.05, 0) is 45.4 Å². The lowest BCUT2D eigenvalue weighted by Gasteiger charge is -2.24. The first-order valence-electron chi connectivity index (χ1n) is 8.16. The van der Waals surface area contributed by atoms with Crippen molar-refractivity contribution in [3.63, 3.8) is 0 Å². The zero-order chi connectivity index (χ0) is 17.5. The summed E-state index contributed by atoms with van der Waals surface area (Å²) in [5.74, 6) is -0.169. The number of likely N-dealkylation sites (N-methyl/N-ethyl adjacent to an activating group) is 1. The zero-order valence-corrected chi connectivity index (χ0v) is 14.9. The van der Waals surface area contributed by atoms with E-state index in [4.69, 9.17) is 0 Å². The molecule has 2 amide bonds. The highest BCUT2D eigenvalue weighted by atomic mass is 16.2. The molecule has 0 unspecified atom stereocenters. The molecule has 5 nitrogen and oxygen atoms in total. The second kappa shape index (κ2) is 8.67. The van der Waals surface area contributed by atoms with Gasteiger partial charge in [-0.15, -0.1) is 0 Å². The molecule has 0 radical (unpaired) electrons. The van der Waals surface area contributed by atoms with Crippen molar-refractivity contribution < 1.29 is 9.59 Å². The van der Waals surface area contributed by atoms with E-state index in [0.29, 0.717) is 6.54 Å². The molecular weight excluding hydrogens is 290 g/mol. The van der Waals surface area contributed by atoms with Crippen LogP contribution in [0.4, 0.5) is 5.69 Å². The molecule has 2 N–H and O–H groups in total. The molecule has 128 valence electrons. The van der Waals surface area contributed by atoms with Gasteiger partial charge in [0.05, 0.1) is 13.1 Å². The minimum absolute atomic E-state index is 0.0684. The molecule has 0 saturated carbocycles. The number of anilines is 1. The fraction of sp³-hybridized carbons (Fsp3) is 0.556. The summed E-state index contributed by atoms with van der Waals surface area (Å²) in [5, 5.41) is 5.85. The maximum atomic E-state index is 12.2. The summed E-state index contributed by atoms with van der Waals surface area (Å²) in [6, 6.07) is 7.77. The number of hydrogen-bond acceptors (Lipinski definition) is 3. The first-order valence-corrected chi connectivity index (χ1v) is 8.16. The fourth-order valence-electron chi connectivity index (χ4n) is 2.28. The van der Waals surface area contributed by atoms with Crippen molar-refractivity contribution >= 4 is 17.5 Å². The summed E-state index contributed by atoms with van der Waals surface area (Å²) < 4.78 is 0. The number of nitrogens with one attached hydrogen (secondary N) is 2. The summed E-state index contributed by atoms with van der Waals surface area (Å²) in [7, 11) is 0. The lowest BCUT2D eigenvalue weighted by Crippen LogP contribution is -2.47. The Labute approximate surface area is 139 Å². The van der Waals surface area contributed by atoms with Crippen molar-refractivity contribution in [2.75, 3.05) is 25.0 Å². The van der Waals surface area contributed by atoms with Gasteiger partial charge < -0.3 is 10.6 Å². The molecular formula is C18H29N3O2. The van der Waals surface area contributed by atoms with E-state index in [2.05, 4.69) is 17.6 Å². The standard InChI is InChI=1S/C18H29N3O2/c1-6-14-10-8-9-11-15(14)19-16(22)12-21(7-2)13-17(23)20-18(3,4)5/h8-11H,6-7,12-13H2,1-5H3,(H,19,22)(H,20,23). The lowest BCUT2D eigenvalue weighted by atomic mass is 10.1. The van der Waals surface area contributed by atoms with Crippen LogP contribution >= 0.6 is 0 Å². The van der Waals surface area contributed by atoms with E-state index in [0.717, 1.165) is 17.7 Å². The Kier molecular flexibility index (Phi) is 7.23. The Morgan fingerprint density at radius 3 is 2.22 bits per heavy atom. The minimum atomic E-state index is -0.265. The topological polar surface area (TPSA) is 61.4 Å². The number of aryl methyl sites for hydroxylation is 1. The van der Waals surface area contributed by atoms with Gasteiger partial charge in [0.1, 0.15) is 0 Å². The second-order valence-electron chi connectivity index (χ2n) is 6.66. The van der Waals surface area contributed by atoms with Crippen LogP contribution in [-0.4, -0.2) is 41.9 Å². The van der Waals surface area contributed by atoms with E-state index < -0.39 is 0 Å². The van der Waals surface area contributed by atoms with Crippen LogP contribution in [0.25, 0.3) is 0 Å². The Morgan fingerprint density at radius 1 is 1.04 bits per heavy atom. The van der Waals surface area contributed by atoms with Crippen molar-refractivity contribution in [2.24, 2.45) is 0 Å². The van der Waals surface area contributed by atoms with Gasteiger partial charge in [-0.1, -0.05) is 32.0 Å². The van der Waals surface area contributed by atoms with Gasteiger partial charge >= 0.3 is 0 Å². The molecule has 0 atom stereocenters. The van der Waals surface area contributed by atoms with Crippen molar-refractivity contribution in [2.45, 2.75) is 46.6 Å². The quantitative estimate of drug-likeness (QED) is 0.811. The number of carbonyl (C=O) groups is 2. The van der Waals surface area contributed by atoms with Crippen LogP contribution in [0.15, 0.2) is 24.3 Å². The molecule has 1 rings (SSSR count). The average molecular weight is 319 g/mol. The lowest BCUT2D eigenvalue weighted by molar-refractivity contribution is -0.124. The molecule has 0 aromatic heterocycles. The number of amides is 2. The molecule has 0 heterocycles. The van der Waals surface area contributed by atoms with Crippen molar-refractivity contribution in [1.82, 2.24) is 10.2 Å². The van der Waals surface area contributed by atoms with Gasteiger partial charge in [0.25, 0.3) is 0 Å².